The molecule has 1 aromatic heterocycles. The Morgan fingerprint density at radius 1 is 1.24 bits per heavy atom. The molecule has 1 atom stereocenters. The van der Waals surface area contributed by atoms with Gasteiger partial charge in [-0.2, -0.15) is 0 Å². The SMILES string of the molecule is CCC1C(=O)NCCN1Cc1nc(N2CCC(OC)CC2)c2cc(Cl)ccc2n1. The van der Waals surface area contributed by atoms with Crippen molar-refractivity contribution in [2.45, 2.75) is 44.9 Å². The van der Waals surface area contributed by atoms with E-state index in [9.17, 15) is 4.79 Å². The lowest BCUT2D eigenvalue weighted by atomic mass is 10.1. The number of halogens is 1. The standard InChI is InChI=1S/C21H28ClN5O2/c1-3-18-21(28)23-8-11-27(18)13-19-24-17-5-4-14(22)12-16(17)20(25-19)26-9-6-15(29-2)7-10-26/h4-5,12,15,18H,3,6-11,13H2,1-2H3,(H,23,28). The van der Waals surface area contributed by atoms with Crippen LogP contribution in [0.15, 0.2) is 18.2 Å². The van der Waals surface area contributed by atoms with E-state index in [2.05, 4.69) is 15.1 Å². The van der Waals surface area contributed by atoms with Gasteiger partial charge in [0.05, 0.1) is 24.2 Å². The summed E-state index contributed by atoms with van der Waals surface area (Å²) in [4.78, 5) is 26.4. The third-order valence-corrected chi connectivity index (χ3v) is 6.17. The summed E-state index contributed by atoms with van der Waals surface area (Å²) in [7, 11) is 1.78. The van der Waals surface area contributed by atoms with Gasteiger partial charge in [-0.05, 0) is 37.5 Å². The molecule has 3 heterocycles. The lowest BCUT2D eigenvalue weighted by molar-refractivity contribution is -0.129. The summed E-state index contributed by atoms with van der Waals surface area (Å²) in [5, 5.41) is 4.61. The monoisotopic (exact) mass is 417 g/mol. The molecule has 2 aliphatic rings. The summed E-state index contributed by atoms with van der Waals surface area (Å²) in [5.74, 6) is 1.77. The van der Waals surface area contributed by atoms with Gasteiger partial charge in [0.1, 0.15) is 11.6 Å². The number of piperidine rings is 1. The van der Waals surface area contributed by atoms with Gasteiger partial charge in [0.2, 0.25) is 5.91 Å². The molecule has 4 rings (SSSR count). The first-order valence-corrected chi connectivity index (χ1v) is 10.7. The number of piperazine rings is 1. The number of amides is 1. The first-order chi connectivity index (χ1) is 14.1. The molecular weight excluding hydrogens is 390 g/mol. The number of nitrogens with zero attached hydrogens (tertiary/aromatic N) is 4. The first kappa shape index (κ1) is 20.3. The van der Waals surface area contributed by atoms with Crippen molar-refractivity contribution in [3.8, 4) is 0 Å². The number of carbonyl (C=O) groups excluding carboxylic acids is 1. The molecule has 7 nitrogen and oxygen atoms in total. The van der Waals surface area contributed by atoms with E-state index in [1.807, 2.05) is 25.1 Å². The molecule has 0 bridgehead atoms. The Morgan fingerprint density at radius 3 is 2.76 bits per heavy atom. The Morgan fingerprint density at radius 2 is 2.03 bits per heavy atom. The molecule has 0 spiro atoms. The Bertz CT molecular complexity index is 885. The predicted octanol–water partition coefficient (Wildman–Crippen LogP) is 2.61. The molecule has 0 radical (unpaired) electrons. The fourth-order valence-corrected chi connectivity index (χ4v) is 4.50. The maximum absolute atomic E-state index is 12.2. The lowest BCUT2D eigenvalue weighted by Gasteiger charge is -2.35. The van der Waals surface area contributed by atoms with Crippen LogP contribution in [-0.4, -0.2) is 66.2 Å². The van der Waals surface area contributed by atoms with Gasteiger partial charge in [-0.15, -0.1) is 0 Å². The number of rotatable bonds is 5. The maximum Gasteiger partial charge on any atom is 0.237 e. The van der Waals surface area contributed by atoms with Gasteiger partial charge in [-0.1, -0.05) is 18.5 Å². The summed E-state index contributed by atoms with van der Waals surface area (Å²) in [6, 6.07) is 5.63. The number of hydrogen-bond acceptors (Lipinski definition) is 6. The zero-order valence-corrected chi connectivity index (χ0v) is 17.8. The minimum atomic E-state index is -0.130. The molecule has 0 aliphatic carbocycles. The van der Waals surface area contributed by atoms with E-state index >= 15 is 0 Å². The van der Waals surface area contributed by atoms with Crippen LogP contribution in [0, 0.1) is 0 Å². The van der Waals surface area contributed by atoms with Gasteiger partial charge in [-0.25, -0.2) is 9.97 Å². The quantitative estimate of drug-likeness (QED) is 0.806. The van der Waals surface area contributed by atoms with Crippen molar-refractivity contribution in [3.63, 3.8) is 0 Å². The third kappa shape index (κ3) is 4.32. The van der Waals surface area contributed by atoms with Gasteiger partial charge >= 0.3 is 0 Å². The maximum atomic E-state index is 12.2. The zero-order chi connectivity index (χ0) is 20.4. The molecule has 0 saturated carbocycles. The highest BCUT2D eigenvalue weighted by molar-refractivity contribution is 6.31. The Balaban J connectivity index is 1.67. The van der Waals surface area contributed by atoms with Crippen LogP contribution < -0.4 is 10.2 Å². The molecule has 2 aromatic rings. The Hall–Kier alpha value is -1.96. The molecule has 1 unspecified atom stereocenters. The number of anilines is 1. The number of carbonyl (C=O) groups is 1. The molecule has 2 fully saturated rings. The van der Waals surface area contributed by atoms with Crippen LogP contribution in [0.1, 0.15) is 32.0 Å². The second-order valence-electron chi connectivity index (χ2n) is 7.73. The molecule has 1 aromatic carbocycles. The smallest absolute Gasteiger partial charge is 0.237 e. The molecular formula is C21H28ClN5O2. The van der Waals surface area contributed by atoms with Gasteiger partial charge in [0.25, 0.3) is 0 Å². The number of methoxy groups -OCH3 is 1. The molecule has 1 amide bonds. The average molecular weight is 418 g/mol. The van der Waals surface area contributed by atoms with Crippen LogP contribution >= 0.6 is 11.6 Å². The van der Waals surface area contributed by atoms with Crippen LogP contribution in [0.2, 0.25) is 5.02 Å². The molecule has 29 heavy (non-hydrogen) atoms. The largest absolute Gasteiger partial charge is 0.381 e. The van der Waals surface area contributed by atoms with Crippen LogP contribution in [0.4, 0.5) is 5.82 Å². The molecule has 8 heteroatoms. The number of ether oxygens (including phenoxy) is 1. The van der Waals surface area contributed by atoms with Crippen LogP contribution in [0.5, 0.6) is 0 Å². The van der Waals surface area contributed by atoms with E-state index in [0.29, 0.717) is 24.2 Å². The van der Waals surface area contributed by atoms with Gasteiger partial charge < -0.3 is 15.0 Å². The Labute approximate surface area is 176 Å². The van der Waals surface area contributed by atoms with E-state index in [4.69, 9.17) is 26.3 Å². The van der Waals surface area contributed by atoms with Crippen molar-refractivity contribution in [2.75, 3.05) is 38.2 Å². The third-order valence-electron chi connectivity index (χ3n) is 5.93. The fraction of sp³-hybridized carbons (Fsp3) is 0.571. The summed E-state index contributed by atoms with van der Waals surface area (Å²) >= 11 is 6.28. The van der Waals surface area contributed by atoms with Crippen molar-refractivity contribution in [1.29, 1.82) is 0 Å². The van der Waals surface area contributed by atoms with E-state index in [1.54, 1.807) is 7.11 Å². The first-order valence-electron chi connectivity index (χ1n) is 10.3. The van der Waals surface area contributed by atoms with Crippen molar-refractivity contribution in [1.82, 2.24) is 20.2 Å². The zero-order valence-electron chi connectivity index (χ0n) is 17.0. The number of fused-ring (bicyclic) bond motifs is 1. The van der Waals surface area contributed by atoms with Gasteiger partial charge in [-0.3, -0.25) is 9.69 Å². The number of benzene rings is 1. The summed E-state index contributed by atoms with van der Waals surface area (Å²) in [5.41, 5.74) is 0.887. The topological polar surface area (TPSA) is 70.6 Å². The summed E-state index contributed by atoms with van der Waals surface area (Å²) in [6.45, 7) is 5.85. The molecule has 2 saturated heterocycles. The minimum Gasteiger partial charge on any atom is -0.381 e. The second-order valence-corrected chi connectivity index (χ2v) is 8.17. The number of nitrogens with one attached hydrogen (secondary N) is 1. The second kappa shape index (κ2) is 8.81. The molecule has 1 N–H and O–H groups in total. The highest BCUT2D eigenvalue weighted by Gasteiger charge is 2.29. The number of aromatic nitrogens is 2. The van der Waals surface area contributed by atoms with Gasteiger partial charge in [0.15, 0.2) is 0 Å². The van der Waals surface area contributed by atoms with E-state index in [-0.39, 0.29) is 11.9 Å². The predicted molar refractivity (Wildman–Crippen MR) is 114 cm³/mol. The van der Waals surface area contributed by atoms with Crippen molar-refractivity contribution < 1.29 is 9.53 Å². The lowest BCUT2D eigenvalue weighted by Crippen LogP contribution is -2.54. The normalized spacial score (nSPS) is 21.6. The van der Waals surface area contributed by atoms with Crippen molar-refractivity contribution in [2.24, 2.45) is 0 Å². The summed E-state index contributed by atoms with van der Waals surface area (Å²) < 4.78 is 5.52. The van der Waals surface area contributed by atoms with E-state index in [1.165, 1.54) is 0 Å². The summed E-state index contributed by atoms with van der Waals surface area (Å²) in [6.07, 6.45) is 3.02. The minimum absolute atomic E-state index is 0.0909. The van der Waals surface area contributed by atoms with Crippen LogP contribution in [-0.2, 0) is 16.1 Å². The number of hydrogen-bond donors (Lipinski definition) is 1. The van der Waals surface area contributed by atoms with Crippen LogP contribution in [0.3, 0.4) is 0 Å². The molecule has 156 valence electrons. The van der Waals surface area contributed by atoms with E-state index < -0.39 is 0 Å². The highest BCUT2D eigenvalue weighted by atomic mass is 35.5. The van der Waals surface area contributed by atoms with Crippen LogP contribution in [0.25, 0.3) is 10.9 Å². The fourth-order valence-electron chi connectivity index (χ4n) is 4.32. The van der Waals surface area contributed by atoms with E-state index in [0.717, 1.165) is 61.4 Å². The van der Waals surface area contributed by atoms with Crippen molar-refractivity contribution >= 4 is 34.2 Å². The molecule has 2 aliphatic heterocycles. The van der Waals surface area contributed by atoms with Gasteiger partial charge in [0, 0.05) is 43.7 Å². The highest BCUT2D eigenvalue weighted by Crippen LogP contribution is 2.29. The average Bonchev–Trinajstić information content (AvgIpc) is 2.74. The van der Waals surface area contributed by atoms with Crippen molar-refractivity contribution in [3.05, 3.63) is 29.0 Å². The Kier molecular flexibility index (Phi) is 6.18.